The molecule has 9 heteroatoms. The van der Waals surface area contributed by atoms with Gasteiger partial charge in [-0.3, -0.25) is 4.79 Å². The predicted molar refractivity (Wildman–Crippen MR) is 178 cm³/mol. The summed E-state index contributed by atoms with van der Waals surface area (Å²) >= 11 is 0. The molecule has 0 bridgehead atoms. The van der Waals surface area contributed by atoms with E-state index in [0.29, 0.717) is 12.8 Å². The number of aliphatic hydroxyl groups is 6. The van der Waals surface area contributed by atoms with Gasteiger partial charge in [-0.1, -0.05) is 128 Å². The topological polar surface area (TPSA) is 157 Å². The number of carbonyl (C=O) groups excluding carboxylic acids is 1. The van der Waals surface area contributed by atoms with Crippen LogP contribution in [0.4, 0.5) is 0 Å². The third-order valence-corrected chi connectivity index (χ3v) is 9.12. The minimum atomic E-state index is -1.47. The number of ketones is 1. The Morgan fingerprint density at radius 1 is 0.622 bits per heavy atom. The van der Waals surface area contributed by atoms with Gasteiger partial charge in [0.05, 0.1) is 25.4 Å². The number of Topliss-reactive ketones (excluding diaryl/α,β-unsaturated/α-hetero) is 1. The Morgan fingerprint density at radius 3 is 1.47 bits per heavy atom. The average molecular weight is 647 g/mol. The molecule has 7 atom stereocenters. The zero-order chi connectivity index (χ0) is 33.1. The molecule has 0 aromatic rings. The molecular formula is C36H70O9. The van der Waals surface area contributed by atoms with E-state index in [2.05, 4.69) is 0 Å². The molecule has 0 aliphatic carbocycles. The molecule has 2 unspecified atom stereocenters. The van der Waals surface area contributed by atoms with Gasteiger partial charge < -0.3 is 40.1 Å². The molecule has 1 saturated heterocycles. The van der Waals surface area contributed by atoms with Crippen molar-refractivity contribution in [2.24, 2.45) is 0 Å². The summed E-state index contributed by atoms with van der Waals surface area (Å²) in [6.45, 7) is 1.29. The molecule has 1 heterocycles. The van der Waals surface area contributed by atoms with E-state index >= 15 is 0 Å². The van der Waals surface area contributed by atoms with Crippen LogP contribution in [0, 0.1) is 0 Å². The molecule has 9 nitrogen and oxygen atoms in total. The van der Waals surface area contributed by atoms with Crippen LogP contribution in [0.3, 0.4) is 0 Å². The highest BCUT2D eigenvalue weighted by Crippen LogP contribution is 2.22. The third-order valence-electron chi connectivity index (χ3n) is 9.12. The highest BCUT2D eigenvalue weighted by Gasteiger charge is 2.43. The Morgan fingerprint density at radius 2 is 1.04 bits per heavy atom. The maximum absolute atomic E-state index is 12.1. The number of hydrogen-bond donors (Lipinski definition) is 6. The second-order valence-corrected chi connectivity index (χ2v) is 13.6. The zero-order valence-electron chi connectivity index (χ0n) is 28.5. The maximum Gasteiger partial charge on any atom is 0.186 e. The Balaban J connectivity index is 1.77. The van der Waals surface area contributed by atoms with Crippen LogP contribution < -0.4 is 0 Å². The fraction of sp³-hybridized carbons (Fsp3) is 0.972. The predicted octanol–water partition coefficient (Wildman–Crippen LogP) is 5.87. The van der Waals surface area contributed by atoms with Gasteiger partial charge in [-0.05, 0) is 26.2 Å². The second kappa shape index (κ2) is 28.4. The summed E-state index contributed by atoms with van der Waals surface area (Å²) in [5.41, 5.74) is 0. The number of carbonyl (C=O) groups is 1. The summed E-state index contributed by atoms with van der Waals surface area (Å²) in [7, 11) is 0. The largest absolute Gasteiger partial charge is 0.394 e. The van der Waals surface area contributed by atoms with Crippen LogP contribution in [0.5, 0.6) is 0 Å². The summed E-state index contributed by atoms with van der Waals surface area (Å²) in [5.74, 6) is 0.0984. The maximum atomic E-state index is 12.1. The van der Waals surface area contributed by atoms with Crippen molar-refractivity contribution < 1.29 is 44.9 Å². The van der Waals surface area contributed by atoms with Crippen molar-refractivity contribution in [3.05, 3.63) is 0 Å². The molecule has 6 N–H and O–H groups in total. The van der Waals surface area contributed by atoms with Crippen molar-refractivity contribution in [3.8, 4) is 0 Å². The highest BCUT2D eigenvalue weighted by atomic mass is 16.7. The number of unbranched alkanes of at least 4 members (excludes halogenated alkanes) is 20. The van der Waals surface area contributed by atoms with E-state index < -0.39 is 43.4 Å². The van der Waals surface area contributed by atoms with Gasteiger partial charge in [-0.2, -0.15) is 0 Å². The first-order chi connectivity index (χ1) is 21.8. The molecule has 0 spiro atoms. The van der Waals surface area contributed by atoms with Crippen molar-refractivity contribution in [2.45, 2.75) is 210 Å². The molecule has 268 valence electrons. The fourth-order valence-corrected chi connectivity index (χ4v) is 6.19. The van der Waals surface area contributed by atoms with Crippen LogP contribution >= 0.6 is 0 Å². The number of aliphatic hydroxyl groups excluding tert-OH is 6. The van der Waals surface area contributed by atoms with Crippen molar-refractivity contribution >= 4 is 5.78 Å². The van der Waals surface area contributed by atoms with Gasteiger partial charge in [0.1, 0.15) is 30.2 Å². The first-order valence-electron chi connectivity index (χ1n) is 18.6. The summed E-state index contributed by atoms with van der Waals surface area (Å²) < 4.78 is 10.7. The van der Waals surface area contributed by atoms with E-state index in [1.54, 1.807) is 6.92 Å². The summed E-state index contributed by atoms with van der Waals surface area (Å²) in [6, 6.07) is 0. The van der Waals surface area contributed by atoms with Crippen LogP contribution in [0.15, 0.2) is 0 Å². The molecule has 1 rings (SSSR count). The number of ether oxygens (including phenoxy) is 2. The van der Waals surface area contributed by atoms with E-state index in [4.69, 9.17) is 9.47 Å². The molecule has 1 fully saturated rings. The lowest BCUT2D eigenvalue weighted by molar-refractivity contribution is -0.300. The van der Waals surface area contributed by atoms with Gasteiger partial charge >= 0.3 is 0 Å². The Bertz CT molecular complexity index is 675. The van der Waals surface area contributed by atoms with Crippen LogP contribution in [0.2, 0.25) is 0 Å². The van der Waals surface area contributed by atoms with Crippen LogP contribution in [-0.4, -0.2) is 92.5 Å². The number of rotatable bonds is 31. The van der Waals surface area contributed by atoms with E-state index in [9.17, 15) is 35.4 Å². The normalized spacial score (nSPS) is 23.3. The van der Waals surface area contributed by atoms with Crippen molar-refractivity contribution in [3.63, 3.8) is 0 Å². The van der Waals surface area contributed by atoms with Gasteiger partial charge in [-0.15, -0.1) is 0 Å². The quantitative estimate of drug-likeness (QED) is 0.0507. The Labute approximate surface area is 274 Å². The first-order valence-corrected chi connectivity index (χ1v) is 18.6. The lowest BCUT2D eigenvalue weighted by Crippen LogP contribution is -2.59. The lowest BCUT2D eigenvalue weighted by Gasteiger charge is -2.39. The fourth-order valence-electron chi connectivity index (χ4n) is 6.19. The van der Waals surface area contributed by atoms with Crippen LogP contribution in [0.1, 0.15) is 167 Å². The van der Waals surface area contributed by atoms with Crippen molar-refractivity contribution in [1.29, 1.82) is 0 Å². The smallest absolute Gasteiger partial charge is 0.186 e. The molecular weight excluding hydrogens is 576 g/mol. The van der Waals surface area contributed by atoms with Gasteiger partial charge in [-0.25, -0.2) is 0 Å². The summed E-state index contributed by atoms with van der Waals surface area (Å²) in [5, 5.41) is 57.8. The van der Waals surface area contributed by atoms with E-state index in [0.717, 1.165) is 32.1 Å². The molecule has 0 radical (unpaired) electrons. The third kappa shape index (κ3) is 22.5. The van der Waals surface area contributed by atoms with E-state index in [1.807, 2.05) is 0 Å². The highest BCUT2D eigenvalue weighted by molar-refractivity contribution is 5.78. The minimum Gasteiger partial charge on any atom is -0.394 e. The lowest BCUT2D eigenvalue weighted by atomic mass is 9.99. The molecule has 0 aromatic heterocycles. The standard InChI is InChI=1S/C36H70O9/c1-29(38)27-31(40)24-22-20-18-16-14-12-10-8-6-4-2-3-5-7-9-11-13-15-17-19-21-23-30(39)25-26-44-36-35(43)34(42)33(41)32(28-37)45-36/h29,31-38,40-43H,2-28H2,1H3/t29-,31+,32?,33+,34?,35+,36+/m1/s1. The molecule has 1 aliphatic rings. The molecule has 45 heavy (non-hydrogen) atoms. The summed E-state index contributed by atoms with van der Waals surface area (Å²) in [6.07, 6.45) is 21.5. The van der Waals surface area contributed by atoms with Gasteiger partial charge in [0.2, 0.25) is 0 Å². The van der Waals surface area contributed by atoms with Crippen LogP contribution in [-0.2, 0) is 14.3 Å². The SMILES string of the molecule is C[C@@H](O)C[C@@H](O)CCCCCCCCCCCCCCCCCCCCCCCC(=O)CCO[C@H]1OC(CO)[C@H](O)C(O)[C@@H]1O. The van der Waals surface area contributed by atoms with Crippen molar-refractivity contribution in [2.75, 3.05) is 13.2 Å². The van der Waals surface area contributed by atoms with Gasteiger partial charge in [0.25, 0.3) is 0 Å². The zero-order valence-corrected chi connectivity index (χ0v) is 28.5. The van der Waals surface area contributed by atoms with Crippen molar-refractivity contribution in [1.82, 2.24) is 0 Å². The number of hydrogen-bond acceptors (Lipinski definition) is 9. The molecule has 0 amide bonds. The van der Waals surface area contributed by atoms with E-state index in [1.165, 1.54) is 109 Å². The summed E-state index contributed by atoms with van der Waals surface area (Å²) in [4.78, 5) is 12.1. The van der Waals surface area contributed by atoms with E-state index in [-0.39, 0.29) is 24.9 Å². The minimum absolute atomic E-state index is 0.0601. The second-order valence-electron chi connectivity index (χ2n) is 13.6. The molecule has 1 aliphatic heterocycles. The Hall–Kier alpha value is -0.650. The monoisotopic (exact) mass is 647 g/mol. The molecule has 0 saturated carbocycles. The Kier molecular flexibility index (Phi) is 26.7. The first kappa shape index (κ1) is 42.4. The molecule has 0 aromatic carbocycles. The van der Waals surface area contributed by atoms with Gasteiger partial charge in [0.15, 0.2) is 6.29 Å². The average Bonchev–Trinajstić information content (AvgIpc) is 3.01. The van der Waals surface area contributed by atoms with Gasteiger partial charge in [0, 0.05) is 12.8 Å². The van der Waals surface area contributed by atoms with Crippen LogP contribution in [0.25, 0.3) is 0 Å².